The van der Waals surface area contributed by atoms with Gasteiger partial charge in [-0.3, -0.25) is 4.79 Å². The number of esters is 1. The van der Waals surface area contributed by atoms with Crippen molar-refractivity contribution < 1.29 is 23.0 Å². The van der Waals surface area contributed by atoms with Crippen LogP contribution < -0.4 is 14.5 Å². The highest BCUT2D eigenvalue weighted by molar-refractivity contribution is 5.69. The standard InChI is InChI=1S/C30H34F2N2O3/c1-3-36-30(35)16-10-22-9-13-25(20-28(22)32)33(2)21-23-6-4-8-29-27(23)7-5-17-34(29)18-19-37-26-14-11-24(31)12-15-26/h4,6,8-9,11-15,20H,3,5,7,10,16-19,21H2,1-2H3. The third kappa shape index (κ3) is 7.00. The first-order chi connectivity index (χ1) is 17.9. The number of carbonyl (C=O) groups excluding carboxylic acids is 1. The van der Waals surface area contributed by atoms with E-state index in [0.717, 1.165) is 31.6 Å². The Morgan fingerprint density at radius 2 is 1.86 bits per heavy atom. The second-order valence-electron chi connectivity index (χ2n) is 9.24. The number of carbonyl (C=O) groups is 1. The minimum atomic E-state index is -0.312. The third-order valence-corrected chi connectivity index (χ3v) is 6.68. The van der Waals surface area contributed by atoms with E-state index < -0.39 is 0 Å². The molecule has 0 aromatic heterocycles. The van der Waals surface area contributed by atoms with Gasteiger partial charge in [0.15, 0.2) is 0 Å². The summed E-state index contributed by atoms with van der Waals surface area (Å²) in [5, 5.41) is 0. The van der Waals surface area contributed by atoms with Gasteiger partial charge >= 0.3 is 5.97 Å². The van der Waals surface area contributed by atoms with Gasteiger partial charge in [-0.2, -0.15) is 0 Å². The molecule has 3 aromatic rings. The van der Waals surface area contributed by atoms with Crippen LogP contribution in [0.4, 0.5) is 20.2 Å². The molecule has 0 saturated heterocycles. The first kappa shape index (κ1) is 26.5. The Labute approximate surface area is 217 Å². The molecule has 0 amide bonds. The molecule has 0 spiro atoms. The van der Waals surface area contributed by atoms with E-state index in [4.69, 9.17) is 9.47 Å². The molecule has 37 heavy (non-hydrogen) atoms. The van der Waals surface area contributed by atoms with Gasteiger partial charge in [-0.1, -0.05) is 18.2 Å². The van der Waals surface area contributed by atoms with Gasteiger partial charge in [0.05, 0.1) is 13.2 Å². The molecule has 0 bridgehead atoms. The van der Waals surface area contributed by atoms with Crippen LogP contribution in [0.25, 0.3) is 0 Å². The van der Waals surface area contributed by atoms with E-state index >= 15 is 0 Å². The number of rotatable bonds is 11. The molecule has 4 rings (SSSR count). The summed E-state index contributed by atoms with van der Waals surface area (Å²) < 4.78 is 38.6. The lowest BCUT2D eigenvalue weighted by Gasteiger charge is -2.33. The van der Waals surface area contributed by atoms with Crippen LogP contribution in [0.3, 0.4) is 0 Å². The molecule has 0 atom stereocenters. The van der Waals surface area contributed by atoms with Gasteiger partial charge in [0.1, 0.15) is 24.0 Å². The van der Waals surface area contributed by atoms with Crippen molar-refractivity contribution in [1.82, 2.24) is 0 Å². The number of nitrogens with zero attached hydrogens (tertiary/aromatic N) is 2. The lowest BCUT2D eigenvalue weighted by atomic mass is 9.95. The van der Waals surface area contributed by atoms with Crippen LogP contribution >= 0.6 is 0 Å². The van der Waals surface area contributed by atoms with Gasteiger partial charge in [-0.25, -0.2) is 8.78 Å². The van der Waals surface area contributed by atoms with Gasteiger partial charge in [0.25, 0.3) is 0 Å². The van der Waals surface area contributed by atoms with E-state index in [2.05, 4.69) is 23.1 Å². The van der Waals surface area contributed by atoms with E-state index in [1.807, 2.05) is 18.0 Å². The molecule has 1 aliphatic heterocycles. The second kappa shape index (κ2) is 12.6. The summed E-state index contributed by atoms with van der Waals surface area (Å²) in [6, 6.07) is 17.6. The van der Waals surface area contributed by atoms with Crippen LogP contribution in [0.5, 0.6) is 5.75 Å². The van der Waals surface area contributed by atoms with E-state index in [9.17, 15) is 13.6 Å². The smallest absolute Gasteiger partial charge is 0.306 e. The number of ether oxygens (including phenoxy) is 2. The van der Waals surface area contributed by atoms with Gasteiger partial charge in [0.2, 0.25) is 0 Å². The molecule has 1 heterocycles. The van der Waals surface area contributed by atoms with Crippen LogP contribution in [-0.4, -0.2) is 39.3 Å². The molecular formula is C30H34F2N2O3. The summed E-state index contributed by atoms with van der Waals surface area (Å²) in [6.07, 6.45) is 2.53. The Morgan fingerprint density at radius 3 is 2.62 bits per heavy atom. The summed E-state index contributed by atoms with van der Waals surface area (Å²) in [7, 11) is 1.96. The Hall–Kier alpha value is -3.61. The maximum Gasteiger partial charge on any atom is 0.306 e. The van der Waals surface area contributed by atoms with E-state index in [1.165, 1.54) is 35.0 Å². The second-order valence-corrected chi connectivity index (χ2v) is 9.24. The normalized spacial score (nSPS) is 12.7. The third-order valence-electron chi connectivity index (χ3n) is 6.68. The van der Waals surface area contributed by atoms with Crippen LogP contribution in [0.15, 0.2) is 60.7 Å². The topological polar surface area (TPSA) is 42.0 Å². The zero-order valence-electron chi connectivity index (χ0n) is 21.5. The Kier molecular flexibility index (Phi) is 8.99. The number of halogens is 2. The van der Waals surface area contributed by atoms with Crippen molar-refractivity contribution in [2.24, 2.45) is 0 Å². The van der Waals surface area contributed by atoms with Crippen molar-refractivity contribution in [2.75, 3.05) is 43.2 Å². The Balaban J connectivity index is 1.39. The average molecular weight is 509 g/mol. The van der Waals surface area contributed by atoms with Crippen molar-refractivity contribution in [3.8, 4) is 5.75 Å². The van der Waals surface area contributed by atoms with Gasteiger partial charge in [-0.05, 0) is 85.3 Å². The lowest BCUT2D eigenvalue weighted by molar-refractivity contribution is -0.143. The molecule has 0 unspecified atom stereocenters. The fraction of sp³-hybridized carbons (Fsp3) is 0.367. The average Bonchev–Trinajstić information content (AvgIpc) is 2.89. The Morgan fingerprint density at radius 1 is 1.05 bits per heavy atom. The molecule has 5 nitrogen and oxygen atoms in total. The van der Waals surface area contributed by atoms with Crippen molar-refractivity contribution in [2.45, 2.75) is 39.2 Å². The summed E-state index contributed by atoms with van der Waals surface area (Å²) in [5.41, 5.74) is 5.04. The van der Waals surface area contributed by atoms with Crippen molar-refractivity contribution >= 4 is 17.3 Å². The number of anilines is 2. The summed E-state index contributed by atoms with van der Waals surface area (Å²) >= 11 is 0. The summed E-state index contributed by atoms with van der Waals surface area (Å²) in [6.45, 7) is 4.95. The molecule has 7 heteroatoms. The number of fused-ring (bicyclic) bond motifs is 1. The predicted molar refractivity (Wildman–Crippen MR) is 142 cm³/mol. The SMILES string of the molecule is CCOC(=O)CCc1ccc(N(C)Cc2cccc3c2CCCN3CCOc2ccc(F)cc2)cc1F. The van der Waals surface area contributed by atoms with Crippen molar-refractivity contribution in [3.63, 3.8) is 0 Å². The predicted octanol–water partition coefficient (Wildman–Crippen LogP) is 5.93. The van der Waals surface area contributed by atoms with Crippen LogP contribution in [0, 0.1) is 11.6 Å². The zero-order valence-corrected chi connectivity index (χ0v) is 21.5. The van der Waals surface area contributed by atoms with Gasteiger partial charge in [-0.15, -0.1) is 0 Å². The number of benzene rings is 3. The molecule has 196 valence electrons. The maximum absolute atomic E-state index is 14.8. The maximum atomic E-state index is 14.8. The lowest BCUT2D eigenvalue weighted by Crippen LogP contribution is -2.34. The van der Waals surface area contributed by atoms with E-state index in [1.54, 1.807) is 25.1 Å². The molecule has 3 aromatic carbocycles. The summed E-state index contributed by atoms with van der Waals surface area (Å²) in [4.78, 5) is 16.0. The van der Waals surface area contributed by atoms with Crippen molar-refractivity contribution in [1.29, 1.82) is 0 Å². The molecular weight excluding hydrogens is 474 g/mol. The van der Waals surface area contributed by atoms with Gasteiger partial charge in [0, 0.05) is 37.9 Å². The molecule has 1 aliphatic rings. The minimum absolute atomic E-state index is 0.168. The highest BCUT2D eigenvalue weighted by atomic mass is 19.1. The Bertz CT molecular complexity index is 1200. The highest BCUT2D eigenvalue weighted by Gasteiger charge is 2.20. The van der Waals surface area contributed by atoms with Crippen LogP contribution in [0.2, 0.25) is 0 Å². The number of hydrogen-bond donors (Lipinski definition) is 0. The van der Waals surface area contributed by atoms with Crippen LogP contribution in [-0.2, 0) is 28.9 Å². The van der Waals surface area contributed by atoms with Crippen molar-refractivity contribution in [3.05, 3.63) is 89.0 Å². The zero-order chi connectivity index (χ0) is 26.2. The molecule has 0 radical (unpaired) electrons. The highest BCUT2D eigenvalue weighted by Crippen LogP contribution is 2.31. The molecule has 0 aliphatic carbocycles. The molecule has 0 fully saturated rings. The fourth-order valence-corrected chi connectivity index (χ4v) is 4.75. The molecule has 0 N–H and O–H groups in total. The molecule has 0 saturated carbocycles. The van der Waals surface area contributed by atoms with Gasteiger partial charge < -0.3 is 19.3 Å². The minimum Gasteiger partial charge on any atom is -0.492 e. The largest absolute Gasteiger partial charge is 0.492 e. The number of hydrogen-bond acceptors (Lipinski definition) is 5. The van der Waals surface area contributed by atoms with E-state index in [-0.39, 0.29) is 24.0 Å². The summed E-state index contributed by atoms with van der Waals surface area (Å²) in [5.74, 6) is -0.236. The first-order valence-corrected chi connectivity index (χ1v) is 12.8. The van der Waals surface area contributed by atoms with E-state index in [0.29, 0.717) is 37.5 Å². The first-order valence-electron chi connectivity index (χ1n) is 12.8. The monoisotopic (exact) mass is 508 g/mol. The van der Waals surface area contributed by atoms with Crippen LogP contribution in [0.1, 0.15) is 36.5 Å². The fourth-order valence-electron chi connectivity index (χ4n) is 4.75. The number of aryl methyl sites for hydroxylation is 1. The quantitative estimate of drug-likeness (QED) is 0.301.